The second-order valence-corrected chi connectivity index (χ2v) is 5.77. The third-order valence-corrected chi connectivity index (χ3v) is 3.60. The molecule has 0 saturated carbocycles. The van der Waals surface area contributed by atoms with Gasteiger partial charge in [0.1, 0.15) is 18.1 Å². The molecule has 1 aromatic carbocycles. The van der Waals surface area contributed by atoms with E-state index in [2.05, 4.69) is 15.3 Å². The van der Waals surface area contributed by atoms with Crippen molar-refractivity contribution in [1.82, 2.24) is 9.97 Å². The van der Waals surface area contributed by atoms with Crippen LogP contribution in [0, 0.1) is 6.92 Å². The molecule has 0 spiro atoms. The first-order valence-corrected chi connectivity index (χ1v) is 7.48. The van der Waals surface area contributed by atoms with Crippen LogP contribution in [-0.2, 0) is 12.6 Å². The molecule has 2 heterocycles. The number of amides is 1. The average molecular weight is 352 g/mol. The van der Waals surface area contributed by atoms with Gasteiger partial charge in [0.25, 0.3) is 5.91 Å². The van der Waals surface area contributed by atoms with Gasteiger partial charge < -0.3 is 15.8 Å². The summed E-state index contributed by atoms with van der Waals surface area (Å²) in [7, 11) is 0. The van der Waals surface area contributed by atoms with Crippen LogP contribution in [0.15, 0.2) is 24.3 Å². The average Bonchev–Trinajstić information content (AvgIpc) is 2.53. The lowest BCUT2D eigenvalue weighted by Gasteiger charge is -2.22. The third-order valence-electron chi connectivity index (χ3n) is 3.60. The van der Waals surface area contributed by atoms with E-state index in [4.69, 9.17) is 10.5 Å². The number of carbonyl (C=O) groups excluding carboxylic acids is 1. The van der Waals surface area contributed by atoms with Crippen molar-refractivity contribution in [3.8, 4) is 5.75 Å². The molecule has 0 saturated heterocycles. The van der Waals surface area contributed by atoms with Crippen molar-refractivity contribution in [2.45, 2.75) is 25.6 Å². The van der Waals surface area contributed by atoms with Crippen molar-refractivity contribution < 1.29 is 22.7 Å². The maximum atomic E-state index is 12.8. The largest absolute Gasteiger partial charge is 0.492 e. The molecule has 0 fully saturated rings. The molecule has 1 atom stereocenters. The van der Waals surface area contributed by atoms with Gasteiger partial charge >= 0.3 is 6.18 Å². The highest BCUT2D eigenvalue weighted by Crippen LogP contribution is 2.29. The standard InChI is InChI=1S/C16H15F3N4O2/c1-8-4-12(23-15(21-8)16(17,18)19)14(24)22-11-3-2-9-5-10(20)7-25-13(9)6-11/h2-4,6,10H,5,7,20H2,1H3,(H,22,24)/t10-/m1/s1. The number of hydrogen-bond donors (Lipinski definition) is 2. The molecule has 132 valence electrons. The second kappa shape index (κ2) is 6.32. The fraction of sp³-hybridized carbons (Fsp3) is 0.312. The van der Waals surface area contributed by atoms with Gasteiger partial charge in [0, 0.05) is 23.5 Å². The third kappa shape index (κ3) is 3.87. The highest BCUT2D eigenvalue weighted by molar-refractivity contribution is 6.03. The van der Waals surface area contributed by atoms with E-state index < -0.39 is 17.9 Å². The van der Waals surface area contributed by atoms with Crippen LogP contribution in [0.2, 0.25) is 0 Å². The minimum atomic E-state index is -4.72. The monoisotopic (exact) mass is 352 g/mol. The van der Waals surface area contributed by atoms with E-state index in [1.54, 1.807) is 18.2 Å². The van der Waals surface area contributed by atoms with Crippen LogP contribution in [0.25, 0.3) is 0 Å². The number of fused-ring (bicyclic) bond motifs is 1. The molecule has 1 aromatic heterocycles. The molecule has 1 amide bonds. The highest BCUT2D eigenvalue weighted by Gasteiger charge is 2.35. The Labute approximate surface area is 141 Å². The smallest absolute Gasteiger partial charge is 0.451 e. The number of nitrogens with one attached hydrogen (secondary N) is 1. The minimum absolute atomic E-state index is 0.0511. The number of carbonyl (C=O) groups is 1. The predicted octanol–water partition coefficient (Wildman–Crippen LogP) is 2.32. The predicted molar refractivity (Wildman–Crippen MR) is 83.3 cm³/mol. The number of alkyl halides is 3. The summed E-state index contributed by atoms with van der Waals surface area (Å²) in [5, 5.41) is 2.52. The van der Waals surface area contributed by atoms with Gasteiger partial charge in [0.05, 0.1) is 0 Å². The van der Waals surface area contributed by atoms with E-state index in [0.717, 1.165) is 5.56 Å². The summed E-state index contributed by atoms with van der Waals surface area (Å²) in [4.78, 5) is 18.8. The van der Waals surface area contributed by atoms with Gasteiger partial charge in [0.15, 0.2) is 0 Å². The van der Waals surface area contributed by atoms with Crippen molar-refractivity contribution in [1.29, 1.82) is 0 Å². The lowest BCUT2D eigenvalue weighted by molar-refractivity contribution is -0.145. The van der Waals surface area contributed by atoms with Crippen LogP contribution in [0.1, 0.15) is 27.6 Å². The van der Waals surface area contributed by atoms with E-state index in [9.17, 15) is 18.0 Å². The normalized spacial score (nSPS) is 16.8. The summed E-state index contributed by atoms with van der Waals surface area (Å²) in [6.07, 6.45) is -4.07. The van der Waals surface area contributed by atoms with Crippen molar-refractivity contribution in [3.63, 3.8) is 0 Å². The lowest BCUT2D eigenvalue weighted by atomic mass is 10.0. The van der Waals surface area contributed by atoms with E-state index in [-0.39, 0.29) is 17.4 Å². The topological polar surface area (TPSA) is 90.1 Å². The molecule has 0 unspecified atom stereocenters. The number of anilines is 1. The summed E-state index contributed by atoms with van der Waals surface area (Å²) < 4.78 is 43.8. The van der Waals surface area contributed by atoms with Crippen LogP contribution in [-0.4, -0.2) is 28.5 Å². The molecular formula is C16H15F3N4O2. The van der Waals surface area contributed by atoms with Crippen molar-refractivity contribution >= 4 is 11.6 Å². The SMILES string of the molecule is Cc1cc(C(=O)Nc2ccc3c(c2)OC[C@H](N)C3)nc(C(F)(F)F)n1. The number of nitrogens with two attached hydrogens (primary N) is 1. The number of ether oxygens (including phenoxy) is 1. The Morgan fingerprint density at radius 2 is 2.08 bits per heavy atom. The molecule has 3 N–H and O–H groups in total. The van der Waals surface area contributed by atoms with Gasteiger partial charge in [-0.05, 0) is 31.0 Å². The summed E-state index contributed by atoms with van der Waals surface area (Å²) in [6.45, 7) is 1.73. The second-order valence-electron chi connectivity index (χ2n) is 5.77. The summed E-state index contributed by atoms with van der Waals surface area (Å²) in [5.41, 5.74) is 6.80. The quantitative estimate of drug-likeness (QED) is 0.866. The fourth-order valence-electron chi connectivity index (χ4n) is 2.48. The van der Waals surface area contributed by atoms with Crippen LogP contribution < -0.4 is 15.8 Å². The van der Waals surface area contributed by atoms with Crippen molar-refractivity contribution in [3.05, 3.63) is 47.0 Å². The zero-order valence-electron chi connectivity index (χ0n) is 13.2. The number of aromatic nitrogens is 2. The maximum Gasteiger partial charge on any atom is 0.451 e. The summed E-state index contributed by atoms with van der Waals surface area (Å²) in [6, 6.07) is 6.11. The van der Waals surface area contributed by atoms with Crippen LogP contribution in [0.5, 0.6) is 5.75 Å². The summed E-state index contributed by atoms with van der Waals surface area (Å²) >= 11 is 0. The molecule has 3 rings (SSSR count). The van der Waals surface area contributed by atoms with Gasteiger partial charge in [-0.3, -0.25) is 4.79 Å². The lowest BCUT2D eigenvalue weighted by Crippen LogP contribution is -2.33. The molecule has 6 nitrogen and oxygen atoms in total. The number of rotatable bonds is 2. The molecule has 1 aliphatic heterocycles. The Bertz CT molecular complexity index is 824. The Hall–Kier alpha value is -2.68. The van der Waals surface area contributed by atoms with Gasteiger partial charge in [-0.1, -0.05) is 6.07 Å². The Morgan fingerprint density at radius 1 is 1.32 bits per heavy atom. The Kier molecular flexibility index (Phi) is 4.34. The van der Waals surface area contributed by atoms with Crippen LogP contribution >= 0.6 is 0 Å². The number of benzene rings is 1. The van der Waals surface area contributed by atoms with E-state index in [0.29, 0.717) is 24.5 Å². The number of aryl methyl sites for hydroxylation is 1. The molecular weight excluding hydrogens is 337 g/mol. The van der Waals surface area contributed by atoms with Crippen LogP contribution in [0.3, 0.4) is 0 Å². The Morgan fingerprint density at radius 3 is 2.80 bits per heavy atom. The van der Waals surface area contributed by atoms with Gasteiger partial charge in [-0.15, -0.1) is 0 Å². The first-order chi connectivity index (χ1) is 11.7. The molecule has 9 heteroatoms. The maximum absolute atomic E-state index is 12.8. The molecule has 1 aliphatic rings. The number of nitrogens with zero attached hydrogens (tertiary/aromatic N) is 2. The summed E-state index contributed by atoms with van der Waals surface area (Å²) in [5.74, 6) is -1.52. The molecule has 0 radical (unpaired) electrons. The highest BCUT2D eigenvalue weighted by atomic mass is 19.4. The van der Waals surface area contributed by atoms with E-state index in [1.807, 2.05) is 0 Å². The zero-order chi connectivity index (χ0) is 18.2. The molecule has 25 heavy (non-hydrogen) atoms. The number of halogens is 3. The Balaban J connectivity index is 1.82. The van der Waals surface area contributed by atoms with Gasteiger partial charge in [-0.25, -0.2) is 9.97 Å². The van der Waals surface area contributed by atoms with Gasteiger partial charge in [-0.2, -0.15) is 13.2 Å². The zero-order valence-corrected chi connectivity index (χ0v) is 13.2. The van der Waals surface area contributed by atoms with Crippen LogP contribution in [0.4, 0.5) is 18.9 Å². The van der Waals surface area contributed by atoms with E-state index in [1.165, 1.54) is 13.0 Å². The molecule has 2 aromatic rings. The number of hydrogen-bond acceptors (Lipinski definition) is 5. The molecule has 0 bridgehead atoms. The first kappa shape index (κ1) is 17.2. The first-order valence-electron chi connectivity index (χ1n) is 7.48. The van der Waals surface area contributed by atoms with Crippen molar-refractivity contribution in [2.24, 2.45) is 5.73 Å². The fourth-order valence-corrected chi connectivity index (χ4v) is 2.48. The van der Waals surface area contributed by atoms with Gasteiger partial charge in [0.2, 0.25) is 5.82 Å². The van der Waals surface area contributed by atoms with E-state index >= 15 is 0 Å². The van der Waals surface area contributed by atoms with Crippen molar-refractivity contribution in [2.75, 3.05) is 11.9 Å². The molecule has 0 aliphatic carbocycles. The minimum Gasteiger partial charge on any atom is -0.492 e.